The average molecular weight is 310 g/mol. The van der Waals surface area contributed by atoms with E-state index in [2.05, 4.69) is 4.99 Å². The first-order valence-electron chi connectivity index (χ1n) is 6.63. The molecule has 0 unspecified atom stereocenters. The largest absolute Gasteiger partial charge is 0.545 e. The van der Waals surface area contributed by atoms with Gasteiger partial charge in [-0.15, -0.1) is 0 Å². The molecule has 2 aromatic carbocycles. The maximum atomic E-state index is 13.2. The molecule has 23 heavy (non-hydrogen) atoms. The number of ether oxygens (including phenoxy) is 1. The van der Waals surface area contributed by atoms with Gasteiger partial charge in [0.15, 0.2) is 5.70 Å². The van der Waals surface area contributed by atoms with Crippen LogP contribution in [-0.2, 0) is 9.53 Å². The quantitative estimate of drug-likeness (QED) is 0.636. The van der Waals surface area contributed by atoms with Crippen molar-refractivity contribution in [2.45, 2.75) is 0 Å². The van der Waals surface area contributed by atoms with Crippen LogP contribution in [0.5, 0.6) is 0 Å². The normalized spacial score (nSPS) is 15.4. The summed E-state index contributed by atoms with van der Waals surface area (Å²) in [4.78, 5) is 26.5. The molecule has 0 atom stereocenters. The summed E-state index contributed by atoms with van der Waals surface area (Å²) < 4.78 is 18.2. The van der Waals surface area contributed by atoms with Crippen LogP contribution in [0.15, 0.2) is 59.2 Å². The molecule has 1 heterocycles. The van der Waals surface area contributed by atoms with Gasteiger partial charge >= 0.3 is 5.97 Å². The van der Waals surface area contributed by atoms with Gasteiger partial charge < -0.3 is 14.6 Å². The number of rotatable bonds is 3. The lowest BCUT2D eigenvalue weighted by molar-refractivity contribution is -0.255. The van der Waals surface area contributed by atoms with Gasteiger partial charge in [-0.1, -0.05) is 30.3 Å². The molecule has 1 aliphatic heterocycles. The molecule has 0 aliphatic carbocycles. The van der Waals surface area contributed by atoms with E-state index in [1.54, 1.807) is 6.07 Å². The Kier molecular flexibility index (Phi) is 3.72. The first-order valence-corrected chi connectivity index (χ1v) is 6.63. The molecule has 114 valence electrons. The molecule has 0 saturated carbocycles. The van der Waals surface area contributed by atoms with Crippen LogP contribution < -0.4 is 5.11 Å². The fourth-order valence-electron chi connectivity index (χ4n) is 2.03. The molecule has 5 nitrogen and oxygen atoms in total. The van der Waals surface area contributed by atoms with Crippen molar-refractivity contribution in [1.82, 2.24) is 0 Å². The Morgan fingerprint density at radius 3 is 2.57 bits per heavy atom. The average Bonchev–Trinajstić information content (AvgIpc) is 2.89. The molecule has 6 heteroatoms. The highest BCUT2D eigenvalue weighted by atomic mass is 19.1. The van der Waals surface area contributed by atoms with Crippen molar-refractivity contribution >= 4 is 23.9 Å². The third-order valence-corrected chi connectivity index (χ3v) is 3.14. The predicted molar refractivity (Wildman–Crippen MR) is 77.8 cm³/mol. The van der Waals surface area contributed by atoms with E-state index in [-0.39, 0.29) is 17.2 Å². The van der Waals surface area contributed by atoms with Gasteiger partial charge in [0.05, 0.1) is 5.97 Å². The van der Waals surface area contributed by atoms with Crippen molar-refractivity contribution in [2.24, 2.45) is 4.99 Å². The molecule has 0 fully saturated rings. The number of carboxylic acids is 1. The highest BCUT2D eigenvalue weighted by molar-refractivity contribution is 6.12. The first kappa shape index (κ1) is 14.6. The number of benzene rings is 2. The lowest BCUT2D eigenvalue weighted by Crippen LogP contribution is -2.21. The minimum Gasteiger partial charge on any atom is -0.545 e. The number of aromatic carboxylic acids is 1. The number of carbonyl (C=O) groups is 2. The fraction of sp³-hybridized carbons (Fsp3) is 0. The van der Waals surface area contributed by atoms with Crippen molar-refractivity contribution in [3.63, 3.8) is 0 Å². The van der Waals surface area contributed by atoms with E-state index < -0.39 is 17.8 Å². The minimum atomic E-state index is -1.28. The van der Waals surface area contributed by atoms with Crippen molar-refractivity contribution in [1.29, 1.82) is 0 Å². The second kappa shape index (κ2) is 5.84. The van der Waals surface area contributed by atoms with E-state index >= 15 is 0 Å². The highest BCUT2D eigenvalue weighted by Gasteiger charge is 2.24. The number of carboxylic acid groups (broad SMARTS) is 1. The Balaban J connectivity index is 1.90. The Hall–Kier alpha value is -3.28. The smallest absolute Gasteiger partial charge is 0.363 e. The topological polar surface area (TPSA) is 78.8 Å². The van der Waals surface area contributed by atoms with Crippen LogP contribution in [0, 0.1) is 5.82 Å². The maximum absolute atomic E-state index is 13.2. The Morgan fingerprint density at radius 2 is 1.91 bits per heavy atom. The van der Waals surface area contributed by atoms with Gasteiger partial charge in [-0.05, 0) is 35.4 Å². The highest BCUT2D eigenvalue weighted by Crippen LogP contribution is 2.19. The molecule has 2 aromatic rings. The molecule has 0 radical (unpaired) electrons. The Morgan fingerprint density at radius 1 is 1.17 bits per heavy atom. The minimum absolute atomic E-state index is 0.0205. The van der Waals surface area contributed by atoms with Crippen LogP contribution in [0.1, 0.15) is 21.5 Å². The van der Waals surface area contributed by atoms with Gasteiger partial charge in [0.1, 0.15) is 5.82 Å². The molecule has 0 amide bonds. The third-order valence-electron chi connectivity index (χ3n) is 3.14. The van der Waals surface area contributed by atoms with Crippen LogP contribution >= 0.6 is 0 Å². The van der Waals surface area contributed by atoms with E-state index in [9.17, 15) is 19.1 Å². The van der Waals surface area contributed by atoms with Crippen molar-refractivity contribution in [3.8, 4) is 0 Å². The number of aliphatic imine (C=N–C) groups is 1. The molecule has 1 aliphatic rings. The predicted octanol–water partition coefficient (Wildman–Crippen LogP) is 1.53. The molecule has 0 spiro atoms. The van der Waals surface area contributed by atoms with Gasteiger partial charge in [-0.2, -0.15) is 0 Å². The summed E-state index contributed by atoms with van der Waals surface area (Å²) in [5.41, 5.74) is 1.01. The standard InChI is InChI=1S/C17H10FNO4/c18-13-3-1-2-12(9-13)15-19-14(17(22)23-15)8-10-4-6-11(7-5-10)16(20)21/h1-9H,(H,20,21)/p-1/b14-8-. The van der Waals surface area contributed by atoms with Crippen molar-refractivity contribution in [2.75, 3.05) is 0 Å². The number of cyclic esters (lactones) is 1. The summed E-state index contributed by atoms with van der Waals surface area (Å²) in [6.07, 6.45) is 1.45. The zero-order valence-electron chi connectivity index (χ0n) is 11.7. The molecule has 0 aromatic heterocycles. The van der Waals surface area contributed by atoms with Crippen LogP contribution in [-0.4, -0.2) is 17.8 Å². The lowest BCUT2D eigenvalue weighted by atomic mass is 10.1. The number of hydrogen-bond donors (Lipinski definition) is 0. The van der Waals surface area contributed by atoms with E-state index in [0.29, 0.717) is 11.1 Å². The monoisotopic (exact) mass is 310 g/mol. The van der Waals surface area contributed by atoms with E-state index in [0.717, 1.165) is 0 Å². The van der Waals surface area contributed by atoms with Crippen LogP contribution in [0.25, 0.3) is 6.08 Å². The molecule has 0 N–H and O–H groups in total. The van der Waals surface area contributed by atoms with Crippen molar-refractivity contribution in [3.05, 3.63) is 76.7 Å². The summed E-state index contributed by atoms with van der Waals surface area (Å²) in [5, 5.41) is 10.7. The van der Waals surface area contributed by atoms with E-state index in [4.69, 9.17) is 4.74 Å². The Labute approximate surface area is 130 Å². The molecule has 0 bridgehead atoms. The second-order valence-corrected chi connectivity index (χ2v) is 4.76. The number of halogens is 1. The Bertz CT molecular complexity index is 853. The van der Waals surface area contributed by atoms with Gasteiger partial charge in [0.2, 0.25) is 5.90 Å². The van der Waals surface area contributed by atoms with Crippen LogP contribution in [0.4, 0.5) is 4.39 Å². The van der Waals surface area contributed by atoms with Crippen LogP contribution in [0.2, 0.25) is 0 Å². The zero-order chi connectivity index (χ0) is 16.4. The van der Waals surface area contributed by atoms with Gasteiger partial charge in [0, 0.05) is 5.56 Å². The fourth-order valence-corrected chi connectivity index (χ4v) is 2.03. The summed E-state index contributed by atoms with van der Waals surface area (Å²) >= 11 is 0. The first-order chi connectivity index (χ1) is 11.0. The van der Waals surface area contributed by atoms with Crippen LogP contribution in [0.3, 0.4) is 0 Å². The summed E-state index contributed by atoms with van der Waals surface area (Å²) in [7, 11) is 0. The number of nitrogens with zero attached hydrogens (tertiary/aromatic N) is 1. The van der Waals surface area contributed by atoms with Crippen molar-refractivity contribution < 1.29 is 23.8 Å². The zero-order valence-corrected chi connectivity index (χ0v) is 11.7. The van der Waals surface area contributed by atoms with Gasteiger partial charge in [0.25, 0.3) is 0 Å². The summed E-state index contributed by atoms with van der Waals surface area (Å²) in [6.45, 7) is 0. The maximum Gasteiger partial charge on any atom is 0.363 e. The van der Waals surface area contributed by atoms with E-state index in [1.165, 1.54) is 48.5 Å². The molecular weight excluding hydrogens is 301 g/mol. The summed E-state index contributed by atoms with van der Waals surface area (Å²) in [6, 6.07) is 11.3. The number of hydrogen-bond acceptors (Lipinski definition) is 5. The SMILES string of the molecule is O=C1OC(c2cccc(F)c2)=N/C1=C\c1ccc(C(=O)[O-])cc1. The third kappa shape index (κ3) is 3.16. The lowest BCUT2D eigenvalue weighted by Gasteiger charge is -2.01. The van der Waals surface area contributed by atoms with Gasteiger partial charge in [-0.25, -0.2) is 14.2 Å². The van der Waals surface area contributed by atoms with Gasteiger partial charge in [-0.3, -0.25) is 0 Å². The second-order valence-electron chi connectivity index (χ2n) is 4.76. The number of esters is 1. The summed E-state index contributed by atoms with van der Waals surface area (Å²) in [5.74, 6) is -2.38. The molecule has 0 saturated heterocycles. The van der Waals surface area contributed by atoms with E-state index in [1.807, 2.05) is 0 Å². The molecular formula is C17H9FNO4-. The number of carbonyl (C=O) groups excluding carboxylic acids is 2. The molecule has 3 rings (SSSR count).